The van der Waals surface area contributed by atoms with Crippen LogP contribution < -0.4 is 9.47 Å². The number of halogens is 3. The molecule has 0 fully saturated rings. The summed E-state index contributed by atoms with van der Waals surface area (Å²) < 4.78 is 13.4. The molecule has 0 saturated heterocycles. The van der Waals surface area contributed by atoms with Crippen LogP contribution in [-0.2, 0) is 22.6 Å². The van der Waals surface area contributed by atoms with E-state index >= 15 is 0 Å². The lowest BCUT2D eigenvalue weighted by Crippen LogP contribution is -2.45. The van der Waals surface area contributed by atoms with Gasteiger partial charge in [0.15, 0.2) is 23.1 Å². The van der Waals surface area contributed by atoms with Crippen molar-refractivity contribution < 1.29 is 19.1 Å². The van der Waals surface area contributed by atoms with E-state index in [0.29, 0.717) is 47.5 Å². The Morgan fingerprint density at radius 1 is 0.833 bits per heavy atom. The molecule has 0 unspecified atom stereocenters. The van der Waals surface area contributed by atoms with E-state index in [0.717, 1.165) is 56.5 Å². The van der Waals surface area contributed by atoms with Crippen molar-refractivity contribution in [1.29, 1.82) is 0 Å². The minimum Gasteiger partial charge on any atom is -0.490 e. The molecule has 0 amide bonds. The van der Waals surface area contributed by atoms with E-state index in [1.54, 1.807) is 12.1 Å². The van der Waals surface area contributed by atoms with Crippen LogP contribution in [0.15, 0.2) is 83.2 Å². The van der Waals surface area contributed by atoms with Gasteiger partial charge in [0.2, 0.25) is 0 Å². The first-order valence-corrected chi connectivity index (χ1v) is 18.5. The molecule has 252 valence electrons. The Labute approximate surface area is 307 Å². The third-order valence-corrected chi connectivity index (χ3v) is 10.9. The highest BCUT2D eigenvalue weighted by Crippen LogP contribution is 2.55. The summed E-state index contributed by atoms with van der Waals surface area (Å²) in [5.74, 6) is 0.940. The van der Waals surface area contributed by atoms with Gasteiger partial charge < -0.3 is 14.4 Å². The molecule has 0 spiro atoms. The number of ether oxygens (including phenoxy) is 2. The van der Waals surface area contributed by atoms with E-state index in [1.807, 2.05) is 25.1 Å². The fourth-order valence-electron chi connectivity index (χ4n) is 7.48. The van der Waals surface area contributed by atoms with Crippen LogP contribution in [0, 0.1) is 14.4 Å². The standard InChI is InChI=1S/C40H42Cl2INO4/c1-6-47-34-17-26(16-29(43)38(34)48-23-25-12-13-27(41)18-28(25)42)35-36-30(19-39(2,3)21-32(36)45)44(15-14-24-10-8-7-9-11-24)31-20-40(4,5)22-33(46)37(31)35/h7-13,16-18,35H,6,14-15,19-23H2,1-5H3. The Morgan fingerprint density at radius 3 is 2.04 bits per heavy atom. The van der Waals surface area contributed by atoms with Crippen LogP contribution in [0.3, 0.4) is 0 Å². The molecule has 0 bridgehead atoms. The van der Waals surface area contributed by atoms with Gasteiger partial charge >= 0.3 is 0 Å². The van der Waals surface area contributed by atoms with Crippen molar-refractivity contribution in [3.8, 4) is 11.5 Å². The van der Waals surface area contributed by atoms with Crippen molar-refractivity contribution in [3.05, 3.63) is 114 Å². The van der Waals surface area contributed by atoms with E-state index in [1.165, 1.54) is 5.56 Å². The smallest absolute Gasteiger partial charge is 0.174 e. The molecule has 3 aromatic rings. The maximum absolute atomic E-state index is 14.3. The number of Topliss-reactive ketones (excluding diaryl/α,β-unsaturated/α-hetero) is 2. The molecule has 6 rings (SSSR count). The number of ketones is 2. The number of hydrogen-bond donors (Lipinski definition) is 0. The Kier molecular flexibility index (Phi) is 10.1. The fraction of sp³-hybridized carbons (Fsp3) is 0.400. The third-order valence-electron chi connectivity index (χ3n) is 9.54. The van der Waals surface area contributed by atoms with Gasteiger partial charge in [0.05, 0.1) is 10.2 Å². The van der Waals surface area contributed by atoms with E-state index < -0.39 is 5.92 Å². The van der Waals surface area contributed by atoms with Crippen LogP contribution in [0.1, 0.15) is 82.9 Å². The van der Waals surface area contributed by atoms with Gasteiger partial charge in [0, 0.05) is 63.5 Å². The topological polar surface area (TPSA) is 55.8 Å². The SMILES string of the molecule is CCOc1cc(C2C3=C(CC(C)(C)CC3=O)N(CCc3ccccc3)C3=C2C(=O)CC(C)(C)C3)cc(I)c1OCc1ccc(Cl)cc1Cl. The number of nitrogens with zero attached hydrogens (tertiary/aromatic N) is 1. The van der Waals surface area contributed by atoms with Crippen LogP contribution in [0.2, 0.25) is 10.0 Å². The number of carbonyl (C=O) groups excluding carboxylic acids is 2. The quantitative estimate of drug-likeness (QED) is 0.202. The molecule has 5 nitrogen and oxygen atoms in total. The second-order valence-electron chi connectivity index (χ2n) is 14.7. The van der Waals surface area contributed by atoms with Gasteiger partial charge in [-0.25, -0.2) is 0 Å². The van der Waals surface area contributed by atoms with E-state index in [4.69, 9.17) is 32.7 Å². The summed E-state index contributed by atoms with van der Waals surface area (Å²) in [6, 6.07) is 19.8. The van der Waals surface area contributed by atoms with Gasteiger partial charge in [0.25, 0.3) is 0 Å². The molecule has 3 aliphatic rings. The summed E-state index contributed by atoms with van der Waals surface area (Å²) in [4.78, 5) is 31.0. The molecule has 0 atom stereocenters. The highest BCUT2D eigenvalue weighted by molar-refractivity contribution is 14.1. The largest absolute Gasteiger partial charge is 0.490 e. The van der Waals surface area contributed by atoms with E-state index in [-0.39, 0.29) is 29.0 Å². The minimum atomic E-state index is -0.470. The van der Waals surface area contributed by atoms with Gasteiger partial charge in [-0.15, -0.1) is 0 Å². The monoisotopic (exact) mass is 797 g/mol. The zero-order valence-electron chi connectivity index (χ0n) is 28.2. The Bertz CT molecular complexity index is 1770. The first-order chi connectivity index (χ1) is 22.8. The van der Waals surface area contributed by atoms with Crippen molar-refractivity contribution in [3.63, 3.8) is 0 Å². The van der Waals surface area contributed by atoms with Crippen molar-refractivity contribution in [2.75, 3.05) is 13.2 Å². The zero-order valence-corrected chi connectivity index (χ0v) is 31.9. The van der Waals surface area contributed by atoms with Gasteiger partial charge in [0.1, 0.15) is 6.61 Å². The summed E-state index contributed by atoms with van der Waals surface area (Å²) in [6.45, 7) is 12.0. The summed E-state index contributed by atoms with van der Waals surface area (Å²) >= 11 is 14.8. The van der Waals surface area contributed by atoms with Gasteiger partial charge in [-0.2, -0.15) is 0 Å². The molecule has 0 saturated carbocycles. The molecular formula is C40H42Cl2INO4. The van der Waals surface area contributed by atoms with Crippen LogP contribution in [0.5, 0.6) is 11.5 Å². The van der Waals surface area contributed by atoms with Gasteiger partial charge in [-0.1, -0.05) is 87.3 Å². The molecule has 3 aromatic carbocycles. The Morgan fingerprint density at radius 2 is 1.46 bits per heavy atom. The predicted octanol–water partition coefficient (Wildman–Crippen LogP) is 10.5. The second-order valence-corrected chi connectivity index (χ2v) is 16.7. The molecule has 0 N–H and O–H groups in total. The third kappa shape index (κ3) is 7.22. The summed E-state index contributed by atoms with van der Waals surface area (Å²) in [5, 5.41) is 1.09. The molecule has 8 heteroatoms. The van der Waals surface area contributed by atoms with Crippen LogP contribution >= 0.6 is 45.8 Å². The van der Waals surface area contributed by atoms with Crippen molar-refractivity contribution >= 4 is 57.4 Å². The van der Waals surface area contributed by atoms with E-state index in [2.05, 4.69) is 85.5 Å². The average molecular weight is 799 g/mol. The Hall–Kier alpha value is -2.81. The number of rotatable bonds is 9. The van der Waals surface area contributed by atoms with Crippen molar-refractivity contribution in [2.24, 2.45) is 10.8 Å². The summed E-state index contributed by atoms with van der Waals surface area (Å²) in [6.07, 6.45) is 3.23. The summed E-state index contributed by atoms with van der Waals surface area (Å²) in [5.41, 5.74) is 6.18. The molecular weight excluding hydrogens is 756 g/mol. The first kappa shape index (κ1) is 35.0. The number of hydrogen-bond acceptors (Lipinski definition) is 5. The van der Waals surface area contributed by atoms with Crippen LogP contribution in [-0.4, -0.2) is 29.6 Å². The summed E-state index contributed by atoms with van der Waals surface area (Å²) in [7, 11) is 0. The van der Waals surface area contributed by atoms with Crippen LogP contribution in [0.4, 0.5) is 0 Å². The van der Waals surface area contributed by atoms with Crippen molar-refractivity contribution in [2.45, 2.75) is 79.2 Å². The maximum Gasteiger partial charge on any atom is 0.174 e. The molecule has 0 radical (unpaired) electrons. The minimum absolute atomic E-state index is 0.116. The molecule has 48 heavy (non-hydrogen) atoms. The van der Waals surface area contributed by atoms with Gasteiger partial charge in [-0.05, 0) is 95.0 Å². The maximum atomic E-state index is 14.3. The van der Waals surface area contributed by atoms with Crippen molar-refractivity contribution in [1.82, 2.24) is 4.90 Å². The molecule has 1 aliphatic heterocycles. The lowest BCUT2D eigenvalue weighted by Gasteiger charge is -2.49. The second kappa shape index (κ2) is 13.8. The molecule has 0 aromatic heterocycles. The number of carbonyl (C=O) groups is 2. The first-order valence-electron chi connectivity index (χ1n) is 16.6. The highest BCUT2D eigenvalue weighted by atomic mass is 127. The zero-order chi connectivity index (χ0) is 34.4. The molecule has 1 heterocycles. The highest BCUT2D eigenvalue weighted by Gasteiger charge is 2.49. The lowest BCUT2D eigenvalue weighted by molar-refractivity contribution is -0.119. The Balaban J connectivity index is 1.48. The van der Waals surface area contributed by atoms with Gasteiger partial charge in [-0.3, -0.25) is 9.59 Å². The molecule has 2 aliphatic carbocycles. The number of benzene rings is 3. The predicted molar refractivity (Wildman–Crippen MR) is 201 cm³/mol. The fourth-order valence-corrected chi connectivity index (χ4v) is 8.73. The normalized spacial score (nSPS) is 19.0. The lowest BCUT2D eigenvalue weighted by atomic mass is 9.63. The number of allylic oxidation sites excluding steroid dienone is 4. The average Bonchev–Trinajstić information content (AvgIpc) is 2.99. The van der Waals surface area contributed by atoms with Crippen LogP contribution in [0.25, 0.3) is 0 Å². The van der Waals surface area contributed by atoms with E-state index in [9.17, 15) is 9.59 Å².